The fourth-order valence-electron chi connectivity index (χ4n) is 8.92. The molecule has 70 heavy (non-hydrogen) atoms. The molecule has 0 aromatic heterocycles. The van der Waals surface area contributed by atoms with Crippen molar-refractivity contribution in [1.82, 2.24) is 5.32 Å². The number of rotatable bonds is 55. The maximum absolute atomic E-state index is 13.0. The van der Waals surface area contributed by atoms with E-state index in [2.05, 4.69) is 67.8 Å². The van der Waals surface area contributed by atoms with Gasteiger partial charge >= 0.3 is 7.82 Å². The maximum atomic E-state index is 13.0. The van der Waals surface area contributed by atoms with Gasteiger partial charge in [0.1, 0.15) is 13.2 Å². The number of phosphoric acid groups is 1. The molecule has 3 unspecified atom stereocenters. The van der Waals surface area contributed by atoms with E-state index >= 15 is 0 Å². The Kier molecular flexibility index (Phi) is 51.2. The Morgan fingerprint density at radius 2 is 0.857 bits per heavy atom. The molecular formula is C61H118N2O6P+. The molecule has 0 aromatic carbocycles. The number of nitrogens with one attached hydrogen (secondary N) is 1. The van der Waals surface area contributed by atoms with E-state index in [0.717, 1.165) is 64.2 Å². The second kappa shape index (κ2) is 52.3. The molecule has 3 atom stereocenters. The third kappa shape index (κ3) is 54.2. The van der Waals surface area contributed by atoms with E-state index in [1.807, 2.05) is 21.1 Å². The molecule has 412 valence electrons. The van der Waals surface area contributed by atoms with E-state index < -0.39 is 20.0 Å². The molecular weight excluding hydrogens is 888 g/mol. The van der Waals surface area contributed by atoms with Gasteiger partial charge in [0.2, 0.25) is 5.91 Å². The van der Waals surface area contributed by atoms with E-state index in [4.69, 9.17) is 9.05 Å². The summed E-state index contributed by atoms with van der Waals surface area (Å²) in [5, 5.41) is 14.1. The summed E-state index contributed by atoms with van der Waals surface area (Å²) in [6, 6.07) is -0.759. The highest BCUT2D eigenvalue weighted by molar-refractivity contribution is 7.47. The number of carbonyl (C=O) groups is 1. The van der Waals surface area contributed by atoms with E-state index in [0.29, 0.717) is 23.9 Å². The largest absolute Gasteiger partial charge is 0.472 e. The van der Waals surface area contributed by atoms with E-state index in [-0.39, 0.29) is 19.1 Å². The van der Waals surface area contributed by atoms with Crippen LogP contribution in [0, 0.1) is 0 Å². The number of nitrogens with zero attached hydrogens (tertiary/aromatic N) is 1. The highest BCUT2D eigenvalue weighted by Gasteiger charge is 2.28. The Bertz CT molecular complexity index is 1280. The molecule has 0 aliphatic carbocycles. The number of quaternary nitrogens is 1. The second-order valence-electron chi connectivity index (χ2n) is 21.7. The van der Waals surface area contributed by atoms with Crippen LogP contribution in [0.4, 0.5) is 0 Å². The van der Waals surface area contributed by atoms with Crippen molar-refractivity contribution in [3.8, 4) is 0 Å². The molecule has 0 rings (SSSR count). The van der Waals surface area contributed by atoms with Gasteiger partial charge < -0.3 is 19.8 Å². The van der Waals surface area contributed by atoms with E-state index in [1.54, 1.807) is 0 Å². The van der Waals surface area contributed by atoms with Gasteiger partial charge in [-0.05, 0) is 51.4 Å². The van der Waals surface area contributed by atoms with Gasteiger partial charge in [0.25, 0.3) is 0 Å². The van der Waals surface area contributed by atoms with Crippen LogP contribution in [0.25, 0.3) is 0 Å². The Hall–Kier alpha value is -1.54. The van der Waals surface area contributed by atoms with Crippen LogP contribution in [-0.4, -0.2) is 73.4 Å². The fourth-order valence-corrected chi connectivity index (χ4v) is 9.66. The summed E-state index contributed by atoms with van der Waals surface area (Å²) in [5.41, 5.74) is 0. The predicted molar refractivity (Wildman–Crippen MR) is 304 cm³/mol. The molecule has 0 spiro atoms. The van der Waals surface area contributed by atoms with Crippen molar-refractivity contribution in [1.29, 1.82) is 0 Å². The molecule has 0 saturated carbocycles. The van der Waals surface area contributed by atoms with Gasteiger partial charge in [-0.2, -0.15) is 0 Å². The number of unbranched alkanes of at least 4 members (excludes halogenated alkanes) is 34. The monoisotopic (exact) mass is 1010 g/mol. The van der Waals surface area contributed by atoms with Gasteiger partial charge in [-0.1, -0.05) is 274 Å². The maximum Gasteiger partial charge on any atom is 0.472 e. The number of aliphatic hydroxyl groups is 1. The van der Waals surface area contributed by atoms with Crippen molar-refractivity contribution in [2.45, 2.75) is 296 Å². The molecule has 0 saturated heterocycles. The first-order chi connectivity index (χ1) is 34.0. The van der Waals surface area contributed by atoms with Crippen molar-refractivity contribution in [2.24, 2.45) is 0 Å². The number of amides is 1. The zero-order valence-corrected chi connectivity index (χ0v) is 47.9. The first-order valence-electron chi connectivity index (χ1n) is 30.0. The summed E-state index contributed by atoms with van der Waals surface area (Å²) in [7, 11) is 1.63. The summed E-state index contributed by atoms with van der Waals surface area (Å²) >= 11 is 0. The standard InChI is InChI=1S/C61H117N2O6P/c1-6-8-10-12-14-16-18-20-22-23-24-25-26-27-28-29-30-31-32-33-34-35-36-37-38-39-41-43-45-47-49-51-53-55-61(65)62-59(58-69-70(66,67)68-57-56-63(3,4)5)60(64)54-52-50-48-46-44-42-40-21-19-17-15-13-11-9-7-2/h8,10,14,16,20,22,24-25,59-60,64H,6-7,9,11-13,15,17-19,21,23,26-58H2,1-5H3,(H-,62,65,66,67)/p+1/b10-8-,16-14-,22-20-,25-24-. The quantitative estimate of drug-likeness (QED) is 0.0243. The van der Waals surface area contributed by atoms with Gasteiger partial charge in [0.15, 0.2) is 0 Å². The van der Waals surface area contributed by atoms with Crippen molar-refractivity contribution in [2.75, 3.05) is 40.9 Å². The molecule has 0 fully saturated rings. The lowest BCUT2D eigenvalue weighted by atomic mass is 10.0. The minimum Gasteiger partial charge on any atom is -0.391 e. The number of allylic oxidation sites excluding steroid dienone is 8. The number of hydrogen-bond donors (Lipinski definition) is 3. The van der Waals surface area contributed by atoms with Gasteiger partial charge in [-0.3, -0.25) is 13.8 Å². The molecule has 0 aliphatic heterocycles. The molecule has 0 radical (unpaired) electrons. The Balaban J connectivity index is 3.99. The van der Waals surface area contributed by atoms with Crippen molar-refractivity contribution >= 4 is 13.7 Å². The van der Waals surface area contributed by atoms with Crippen LogP contribution in [0.15, 0.2) is 48.6 Å². The summed E-state index contributed by atoms with van der Waals surface area (Å²) in [6.07, 6.45) is 68.9. The lowest BCUT2D eigenvalue weighted by molar-refractivity contribution is -0.870. The topological polar surface area (TPSA) is 105 Å². The lowest BCUT2D eigenvalue weighted by Crippen LogP contribution is -2.46. The Labute approximate surface area is 435 Å². The van der Waals surface area contributed by atoms with E-state index in [1.165, 1.54) is 193 Å². The summed E-state index contributed by atoms with van der Waals surface area (Å²) in [6.45, 7) is 4.80. The molecule has 0 bridgehead atoms. The third-order valence-corrected chi connectivity index (χ3v) is 14.6. The molecule has 0 aromatic rings. The van der Waals surface area contributed by atoms with Crippen LogP contribution in [-0.2, 0) is 18.4 Å². The van der Waals surface area contributed by atoms with Crippen molar-refractivity contribution in [3.05, 3.63) is 48.6 Å². The molecule has 8 nitrogen and oxygen atoms in total. The number of carbonyl (C=O) groups excluding carboxylic acids is 1. The average molecular weight is 1010 g/mol. The average Bonchev–Trinajstić information content (AvgIpc) is 3.32. The molecule has 3 N–H and O–H groups in total. The normalized spacial score (nSPS) is 14.2. The summed E-state index contributed by atoms with van der Waals surface area (Å²) in [4.78, 5) is 23.3. The van der Waals surface area contributed by atoms with Crippen molar-refractivity contribution < 1.29 is 32.9 Å². The predicted octanol–water partition coefficient (Wildman–Crippen LogP) is 18.3. The highest BCUT2D eigenvalue weighted by atomic mass is 31.2. The minimum absolute atomic E-state index is 0.0759. The summed E-state index contributed by atoms with van der Waals surface area (Å²) < 4.78 is 23.8. The number of aliphatic hydroxyl groups excluding tert-OH is 1. The molecule has 0 aliphatic rings. The van der Waals surface area contributed by atoms with Crippen LogP contribution in [0.1, 0.15) is 284 Å². The van der Waals surface area contributed by atoms with Crippen LogP contribution >= 0.6 is 7.82 Å². The van der Waals surface area contributed by atoms with Gasteiger partial charge in [0.05, 0.1) is 39.9 Å². The Morgan fingerprint density at radius 3 is 1.26 bits per heavy atom. The highest BCUT2D eigenvalue weighted by Crippen LogP contribution is 2.43. The lowest BCUT2D eigenvalue weighted by Gasteiger charge is -2.26. The van der Waals surface area contributed by atoms with Crippen LogP contribution in [0.2, 0.25) is 0 Å². The SMILES string of the molecule is CC/C=C\C/C=C\C/C=C\C/C=C\CCCCCCCCCCCCCCCCCCCCCCC(=O)NC(COP(=O)(O)OCC[N+](C)(C)C)C(O)CCCCCCCCCCCCCCCCC. The first-order valence-corrected chi connectivity index (χ1v) is 31.5. The first kappa shape index (κ1) is 68.5. The number of hydrogen-bond acceptors (Lipinski definition) is 5. The van der Waals surface area contributed by atoms with Crippen molar-refractivity contribution in [3.63, 3.8) is 0 Å². The number of likely N-dealkylation sites (N-methyl/N-ethyl adjacent to an activating group) is 1. The van der Waals surface area contributed by atoms with Gasteiger partial charge in [0, 0.05) is 6.42 Å². The zero-order chi connectivity index (χ0) is 51.3. The third-order valence-electron chi connectivity index (χ3n) is 13.6. The van der Waals surface area contributed by atoms with Gasteiger partial charge in [-0.15, -0.1) is 0 Å². The minimum atomic E-state index is -4.32. The smallest absolute Gasteiger partial charge is 0.391 e. The van der Waals surface area contributed by atoms with Crippen LogP contribution in [0.5, 0.6) is 0 Å². The summed E-state index contributed by atoms with van der Waals surface area (Å²) in [5.74, 6) is -0.141. The molecule has 9 heteroatoms. The van der Waals surface area contributed by atoms with Gasteiger partial charge in [-0.25, -0.2) is 4.57 Å². The Morgan fingerprint density at radius 1 is 0.500 bits per heavy atom. The van der Waals surface area contributed by atoms with Crippen LogP contribution < -0.4 is 5.32 Å². The van der Waals surface area contributed by atoms with E-state index in [9.17, 15) is 19.4 Å². The molecule has 0 heterocycles. The molecule has 1 amide bonds. The zero-order valence-electron chi connectivity index (χ0n) is 47.0. The fraction of sp³-hybridized carbons (Fsp3) is 0.852. The number of phosphoric ester groups is 1. The van der Waals surface area contributed by atoms with Crippen LogP contribution in [0.3, 0.4) is 0 Å². The second-order valence-corrected chi connectivity index (χ2v) is 23.2.